The highest BCUT2D eigenvalue weighted by molar-refractivity contribution is 7.09. The van der Waals surface area contributed by atoms with Gasteiger partial charge >= 0.3 is 0 Å². The molecule has 1 nitrogen and oxygen atoms in total. The first-order valence-electron chi connectivity index (χ1n) is 6.07. The molecule has 15 heavy (non-hydrogen) atoms. The summed E-state index contributed by atoms with van der Waals surface area (Å²) < 4.78 is 0. The lowest BCUT2D eigenvalue weighted by molar-refractivity contribution is 0.442. The zero-order chi connectivity index (χ0) is 11.1. The summed E-state index contributed by atoms with van der Waals surface area (Å²) in [4.78, 5) is 4.42. The van der Waals surface area contributed by atoms with Crippen LogP contribution in [0.1, 0.15) is 64.3 Å². The Morgan fingerprint density at radius 2 is 1.93 bits per heavy atom. The van der Waals surface area contributed by atoms with Crippen LogP contribution in [0, 0.1) is 0 Å². The van der Waals surface area contributed by atoms with Crippen LogP contribution >= 0.6 is 11.3 Å². The van der Waals surface area contributed by atoms with Crippen molar-refractivity contribution in [2.24, 2.45) is 0 Å². The summed E-state index contributed by atoms with van der Waals surface area (Å²) in [6.07, 6.45) is 10.0. The minimum atomic E-state index is 0.278. The molecule has 1 aromatic rings. The smallest absolute Gasteiger partial charge is 0.0981 e. The standard InChI is InChI=1S/C13H23NS/c1-4-5-6-7-8-9-13(2,3)12-14-10-11-15-12/h10-11H,4-9H2,1-3H3. The maximum Gasteiger partial charge on any atom is 0.0981 e. The third kappa shape index (κ3) is 4.33. The fourth-order valence-electron chi connectivity index (χ4n) is 1.84. The van der Waals surface area contributed by atoms with Gasteiger partial charge in [0.05, 0.1) is 5.01 Å². The van der Waals surface area contributed by atoms with Gasteiger partial charge in [-0.3, -0.25) is 0 Å². The third-order valence-electron chi connectivity index (χ3n) is 2.92. The average molecular weight is 225 g/mol. The molecule has 0 aromatic carbocycles. The number of unbranched alkanes of at least 4 members (excludes halogenated alkanes) is 4. The quantitative estimate of drug-likeness (QED) is 0.608. The first-order valence-corrected chi connectivity index (χ1v) is 6.95. The maximum atomic E-state index is 4.42. The van der Waals surface area contributed by atoms with Gasteiger partial charge in [0, 0.05) is 17.0 Å². The first kappa shape index (κ1) is 12.7. The average Bonchev–Trinajstić information content (AvgIpc) is 2.70. The molecule has 0 N–H and O–H groups in total. The number of hydrogen-bond acceptors (Lipinski definition) is 2. The molecule has 0 amide bonds. The Bertz CT molecular complexity index is 252. The van der Waals surface area contributed by atoms with E-state index in [0.29, 0.717) is 0 Å². The molecule has 1 aromatic heterocycles. The van der Waals surface area contributed by atoms with Gasteiger partial charge in [-0.25, -0.2) is 4.98 Å². The van der Waals surface area contributed by atoms with Gasteiger partial charge in [-0.05, 0) is 6.42 Å². The van der Waals surface area contributed by atoms with E-state index in [1.807, 2.05) is 6.20 Å². The van der Waals surface area contributed by atoms with Crippen molar-refractivity contribution in [1.29, 1.82) is 0 Å². The predicted octanol–water partition coefficient (Wildman–Crippen LogP) is 4.78. The van der Waals surface area contributed by atoms with Crippen molar-refractivity contribution in [3.63, 3.8) is 0 Å². The fraction of sp³-hybridized carbons (Fsp3) is 0.769. The zero-order valence-electron chi connectivity index (χ0n) is 10.3. The minimum Gasteiger partial charge on any atom is -0.249 e. The van der Waals surface area contributed by atoms with E-state index < -0.39 is 0 Å². The van der Waals surface area contributed by atoms with Crippen LogP contribution in [0.3, 0.4) is 0 Å². The van der Waals surface area contributed by atoms with Gasteiger partial charge in [-0.1, -0.05) is 52.9 Å². The number of rotatable bonds is 7. The van der Waals surface area contributed by atoms with Gasteiger partial charge in [-0.2, -0.15) is 0 Å². The lowest BCUT2D eigenvalue weighted by Crippen LogP contribution is -2.16. The topological polar surface area (TPSA) is 12.9 Å². The van der Waals surface area contributed by atoms with Crippen molar-refractivity contribution < 1.29 is 0 Å². The maximum absolute atomic E-state index is 4.42. The largest absolute Gasteiger partial charge is 0.249 e. The Morgan fingerprint density at radius 1 is 1.20 bits per heavy atom. The van der Waals surface area contributed by atoms with E-state index in [0.717, 1.165) is 0 Å². The van der Waals surface area contributed by atoms with E-state index in [1.165, 1.54) is 43.5 Å². The molecule has 0 atom stereocenters. The van der Waals surface area contributed by atoms with E-state index >= 15 is 0 Å². The van der Waals surface area contributed by atoms with Crippen LogP contribution < -0.4 is 0 Å². The van der Waals surface area contributed by atoms with Gasteiger partial charge in [0.15, 0.2) is 0 Å². The van der Waals surface area contributed by atoms with E-state index in [1.54, 1.807) is 11.3 Å². The Kier molecular flexibility index (Phi) is 5.30. The van der Waals surface area contributed by atoms with Crippen molar-refractivity contribution in [3.05, 3.63) is 16.6 Å². The second-order valence-corrected chi connectivity index (χ2v) is 5.78. The molecule has 1 rings (SSSR count). The Balaban J connectivity index is 2.25. The molecule has 0 radical (unpaired) electrons. The van der Waals surface area contributed by atoms with Crippen LogP contribution in [0.5, 0.6) is 0 Å². The number of nitrogens with zero attached hydrogens (tertiary/aromatic N) is 1. The summed E-state index contributed by atoms with van der Waals surface area (Å²) in [7, 11) is 0. The van der Waals surface area contributed by atoms with Crippen LogP contribution in [0.2, 0.25) is 0 Å². The highest BCUT2D eigenvalue weighted by Crippen LogP contribution is 2.30. The van der Waals surface area contributed by atoms with E-state index in [-0.39, 0.29) is 5.41 Å². The van der Waals surface area contributed by atoms with Gasteiger partial charge < -0.3 is 0 Å². The molecule has 0 aliphatic heterocycles. The zero-order valence-corrected chi connectivity index (χ0v) is 11.1. The fourth-order valence-corrected chi connectivity index (χ4v) is 2.63. The van der Waals surface area contributed by atoms with E-state index in [9.17, 15) is 0 Å². The van der Waals surface area contributed by atoms with Gasteiger partial charge in [0.1, 0.15) is 0 Å². The van der Waals surface area contributed by atoms with Gasteiger partial charge in [0.25, 0.3) is 0 Å². The number of aromatic nitrogens is 1. The molecule has 2 heteroatoms. The molecular weight excluding hydrogens is 202 g/mol. The van der Waals surface area contributed by atoms with Crippen molar-refractivity contribution in [1.82, 2.24) is 4.98 Å². The minimum absolute atomic E-state index is 0.278. The Morgan fingerprint density at radius 3 is 2.53 bits per heavy atom. The molecule has 1 heterocycles. The molecule has 0 aliphatic carbocycles. The normalized spacial score (nSPS) is 11.9. The monoisotopic (exact) mass is 225 g/mol. The van der Waals surface area contributed by atoms with Crippen LogP contribution in [-0.2, 0) is 5.41 Å². The van der Waals surface area contributed by atoms with Crippen LogP contribution in [-0.4, -0.2) is 4.98 Å². The molecule has 0 unspecified atom stereocenters. The number of hydrogen-bond donors (Lipinski definition) is 0. The molecular formula is C13H23NS. The summed E-state index contributed by atoms with van der Waals surface area (Å²) >= 11 is 1.79. The molecule has 0 bridgehead atoms. The van der Waals surface area contributed by atoms with Crippen molar-refractivity contribution >= 4 is 11.3 Å². The number of thiazole rings is 1. The van der Waals surface area contributed by atoms with Crippen molar-refractivity contribution in [2.75, 3.05) is 0 Å². The molecule has 0 fully saturated rings. The highest BCUT2D eigenvalue weighted by Gasteiger charge is 2.22. The summed E-state index contributed by atoms with van der Waals surface area (Å²) in [5, 5.41) is 3.37. The van der Waals surface area contributed by atoms with E-state index in [4.69, 9.17) is 0 Å². The highest BCUT2D eigenvalue weighted by atomic mass is 32.1. The first-order chi connectivity index (χ1) is 7.17. The lowest BCUT2D eigenvalue weighted by atomic mass is 9.87. The van der Waals surface area contributed by atoms with Crippen LogP contribution in [0.25, 0.3) is 0 Å². The lowest BCUT2D eigenvalue weighted by Gasteiger charge is -2.21. The van der Waals surface area contributed by atoms with Crippen LogP contribution in [0.15, 0.2) is 11.6 Å². The SMILES string of the molecule is CCCCCCCC(C)(C)c1nccs1. The van der Waals surface area contributed by atoms with Crippen LogP contribution in [0.4, 0.5) is 0 Å². The molecule has 0 spiro atoms. The molecule has 0 saturated heterocycles. The summed E-state index contributed by atoms with van der Waals surface area (Å²) in [5.41, 5.74) is 0.278. The van der Waals surface area contributed by atoms with Crippen molar-refractivity contribution in [2.45, 2.75) is 64.7 Å². The predicted molar refractivity (Wildman–Crippen MR) is 68.5 cm³/mol. The molecule has 0 saturated carbocycles. The molecule has 0 aliphatic rings. The van der Waals surface area contributed by atoms with Gasteiger partial charge in [-0.15, -0.1) is 11.3 Å². The Hall–Kier alpha value is -0.370. The summed E-state index contributed by atoms with van der Waals surface area (Å²) in [5.74, 6) is 0. The second-order valence-electron chi connectivity index (χ2n) is 4.89. The Labute approximate surface area is 97.9 Å². The summed E-state index contributed by atoms with van der Waals surface area (Å²) in [6, 6.07) is 0. The second kappa shape index (κ2) is 6.26. The van der Waals surface area contributed by atoms with Gasteiger partial charge in [0.2, 0.25) is 0 Å². The third-order valence-corrected chi connectivity index (χ3v) is 4.06. The van der Waals surface area contributed by atoms with E-state index in [2.05, 4.69) is 31.1 Å². The summed E-state index contributed by atoms with van der Waals surface area (Å²) in [6.45, 7) is 6.89. The van der Waals surface area contributed by atoms with Crippen molar-refractivity contribution in [3.8, 4) is 0 Å². The molecule has 86 valence electrons.